The lowest BCUT2D eigenvalue weighted by molar-refractivity contribution is 0.0258. The fourth-order valence-electron chi connectivity index (χ4n) is 3.81. The summed E-state index contributed by atoms with van der Waals surface area (Å²) in [7, 11) is -3.18. The molecule has 0 unspecified atom stereocenters. The average molecular weight is 416 g/mol. The van der Waals surface area contributed by atoms with E-state index in [2.05, 4.69) is 4.98 Å². The standard InChI is InChI=1S/C21H24N2O5S/c1-14-11-18(23-8-7-22-21(24)20(14)23)17-12-15(13-29(2,25)26)3-4-19(17)28-16-5-9-27-10-6-16/h3-4,7-8,11-12,16H,5-6,9-10,13H2,1-2H3,(H,22,24). The predicted octanol–water partition coefficient (Wildman–Crippen LogP) is 2.71. The van der Waals surface area contributed by atoms with E-state index >= 15 is 0 Å². The Hall–Kier alpha value is -2.58. The van der Waals surface area contributed by atoms with Crippen LogP contribution < -0.4 is 10.3 Å². The summed E-state index contributed by atoms with van der Waals surface area (Å²) in [6, 6.07) is 7.39. The summed E-state index contributed by atoms with van der Waals surface area (Å²) in [5, 5.41) is 0. The molecule has 0 aliphatic carbocycles. The number of fused-ring (bicyclic) bond motifs is 1. The molecule has 154 valence electrons. The van der Waals surface area contributed by atoms with Crippen LogP contribution in [0.5, 0.6) is 5.75 Å². The highest BCUT2D eigenvalue weighted by atomic mass is 32.2. The van der Waals surface area contributed by atoms with Crippen molar-refractivity contribution in [1.82, 2.24) is 9.38 Å². The van der Waals surface area contributed by atoms with Crippen molar-refractivity contribution in [2.75, 3.05) is 19.5 Å². The summed E-state index contributed by atoms with van der Waals surface area (Å²) in [4.78, 5) is 15.0. The first-order valence-electron chi connectivity index (χ1n) is 9.56. The number of hydrogen-bond acceptors (Lipinski definition) is 5. The fraction of sp³-hybridized carbons (Fsp3) is 0.381. The highest BCUT2D eigenvalue weighted by Crippen LogP contribution is 2.35. The lowest BCUT2D eigenvalue weighted by Gasteiger charge is -2.25. The van der Waals surface area contributed by atoms with Crippen LogP contribution in [-0.4, -0.2) is 43.4 Å². The van der Waals surface area contributed by atoms with Gasteiger partial charge in [-0.15, -0.1) is 0 Å². The van der Waals surface area contributed by atoms with Gasteiger partial charge in [-0.1, -0.05) is 6.07 Å². The number of aromatic nitrogens is 2. The van der Waals surface area contributed by atoms with Crippen molar-refractivity contribution in [2.24, 2.45) is 0 Å². The molecule has 1 aliphatic heterocycles. The maximum absolute atomic E-state index is 12.3. The van der Waals surface area contributed by atoms with E-state index in [9.17, 15) is 13.2 Å². The lowest BCUT2D eigenvalue weighted by atomic mass is 10.1. The summed E-state index contributed by atoms with van der Waals surface area (Å²) in [6.07, 6.45) is 6.25. The van der Waals surface area contributed by atoms with Gasteiger partial charge < -0.3 is 18.9 Å². The Balaban J connectivity index is 1.85. The number of benzene rings is 1. The number of H-pyrrole nitrogens is 1. The first-order valence-corrected chi connectivity index (χ1v) is 11.6. The van der Waals surface area contributed by atoms with E-state index in [0.29, 0.717) is 30.0 Å². The summed E-state index contributed by atoms with van der Waals surface area (Å²) in [6.45, 7) is 3.21. The van der Waals surface area contributed by atoms with Gasteiger partial charge in [-0.3, -0.25) is 4.79 Å². The number of rotatable bonds is 5. The summed E-state index contributed by atoms with van der Waals surface area (Å²) in [5.74, 6) is 0.620. The molecule has 7 nitrogen and oxygen atoms in total. The van der Waals surface area contributed by atoms with E-state index in [1.807, 2.05) is 29.5 Å². The number of aryl methyl sites for hydroxylation is 1. The Kier molecular flexibility index (Phi) is 5.23. The zero-order chi connectivity index (χ0) is 20.6. The van der Waals surface area contributed by atoms with E-state index in [4.69, 9.17) is 9.47 Å². The Morgan fingerprint density at radius 1 is 1.24 bits per heavy atom. The topological polar surface area (TPSA) is 89.9 Å². The maximum Gasteiger partial charge on any atom is 0.272 e. The third-order valence-corrected chi connectivity index (χ3v) is 5.95. The van der Waals surface area contributed by atoms with E-state index in [-0.39, 0.29) is 17.4 Å². The van der Waals surface area contributed by atoms with Gasteiger partial charge in [0.15, 0.2) is 9.84 Å². The molecule has 1 saturated heterocycles. The largest absolute Gasteiger partial charge is 0.490 e. The molecule has 0 spiro atoms. The number of sulfone groups is 1. The third kappa shape index (κ3) is 4.23. The number of nitrogens with zero attached hydrogens (tertiary/aromatic N) is 1. The number of hydrogen-bond donors (Lipinski definition) is 1. The molecule has 3 aromatic rings. The molecule has 4 rings (SSSR count). The highest BCUT2D eigenvalue weighted by molar-refractivity contribution is 7.89. The van der Waals surface area contributed by atoms with Crippen molar-refractivity contribution in [3.05, 3.63) is 58.1 Å². The molecule has 29 heavy (non-hydrogen) atoms. The van der Waals surface area contributed by atoms with Crippen molar-refractivity contribution in [2.45, 2.75) is 31.6 Å². The Morgan fingerprint density at radius 2 is 2.00 bits per heavy atom. The van der Waals surface area contributed by atoms with Crippen LogP contribution in [0.15, 0.2) is 41.5 Å². The fourth-order valence-corrected chi connectivity index (χ4v) is 4.59. The molecular weight excluding hydrogens is 392 g/mol. The Labute approximate surface area is 169 Å². The number of aromatic amines is 1. The maximum atomic E-state index is 12.3. The monoisotopic (exact) mass is 416 g/mol. The van der Waals surface area contributed by atoms with Gasteiger partial charge in [0.2, 0.25) is 0 Å². The predicted molar refractivity (Wildman–Crippen MR) is 111 cm³/mol. The van der Waals surface area contributed by atoms with Crippen molar-refractivity contribution in [3.8, 4) is 17.0 Å². The molecule has 1 aromatic carbocycles. The highest BCUT2D eigenvalue weighted by Gasteiger charge is 2.20. The quantitative estimate of drug-likeness (QED) is 0.691. The molecule has 8 heteroatoms. The summed E-state index contributed by atoms with van der Waals surface area (Å²) >= 11 is 0. The SMILES string of the molecule is Cc1cc(-c2cc(CS(C)(=O)=O)ccc2OC2CCOCC2)n2cc[nH]c(=O)c12. The third-order valence-electron chi connectivity index (χ3n) is 5.09. The smallest absolute Gasteiger partial charge is 0.272 e. The molecule has 1 N–H and O–H groups in total. The van der Waals surface area contributed by atoms with Gasteiger partial charge in [0.25, 0.3) is 5.56 Å². The first-order chi connectivity index (χ1) is 13.8. The normalized spacial score (nSPS) is 15.7. The second-order valence-corrected chi connectivity index (χ2v) is 9.69. The van der Waals surface area contributed by atoms with Crippen LogP contribution in [0.2, 0.25) is 0 Å². The Bertz CT molecular complexity index is 1200. The van der Waals surface area contributed by atoms with E-state index in [0.717, 1.165) is 29.7 Å². The minimum Gasteiger partial charge on any atom is -0.490 e. The summed E-state index contributed by atoms with van der Waals surface area (Å²) in [5.41, 5.74) is 3.47. The zero-order valence-corrected chi connectivity index (χ0v) is 17.3. The van der Waals surface area contributed by atoms with Gasteiger partial charge in [-0.25, -0.2) is 8.42 Å². The molecule has 3 heterocycles. The van der Waals surface area contributed by atoms with Crippen LogP contribution in [0.1, 0.15) is 24.0 Å². The van der Waals surface area contributed by atoms with Crippen molar-refractivity contribution in [3.63, 3.8) is 0 Å². The van der Waals surface area contributed by atoms with Crippen molar-refractivity contribution >= 4 is 15.4 Å². The second kappa shape index (κ2) is 7.68. The molecule has 0 amide bonds. The molecule has 0 bridgehead atoms. The first kappa shape index (κ1) is 19.7. The molecule has 2 aromatic heterocycles. The lowest BCUT2D eigenvalue weighted by Crippen LogP contribution is -2.26. The van der Waals surface area contributed by atoms with E-state index in [1.165, 1.54) is 6.26 Å². The number of nitrogens with one attached hydrogen (secondary N) is 1. The second-order valence-electron chi connectivity index (χ2n) is 7.55. The van der Waals surface area contributed by atoms with Crippen LogP contribution in [0.3, 0.4) is 0 Å². The molecule has 1 aliphatic rings. The molecule has 0 saturated carbocycles. The molecular formula is C21H24N2O5S. The van der Waals surface area contributed by atoms with Crippen molar-refractivity contribution in [1.29, 1.82) is 0 Å². The van der Waals surface area contributed by atoms with Gasteiger partial charge in [0.1, 0.15) is 17.4 Å². The van der Waals surface area contributed by atoms with Gasteiger partial charge in [0, 0.05) is 37.1 Å². The van der Waals surface area contributed by atoms with Gasteiger partial charge >= 0.3 is 0 Å². The van der Waals surface area contributed by atoms with Crippen LogP contribution >= 0.6 is 0 Å². The van der Waals surface area contributed by atoms with Gasteiger partial charge in [-0.05, 0) is 36.2 Å². The van der Waals surface area contributed by atoms with Gasteiger partial charge in [-0.2, -0.15) is 0 Å². The minimum absolute atomic E-state index is 0.0407. The molecule has 0 radical (unpaired) electrons. The van der Waals surface area contributed by atoms with Crippen LogP contribution in [0.25, 0.3) is 16.8 Å². The van der Waals surface area contributed by atoms with E-state index in [1.54, 1.807) is 18.5 Å². The van der Waals surface area contributed by atoms with Crippen molar-refractivity contribution < 1.29 is 17.9 Å². The zero-order valence-electron chi connectivity index (χ0n) is 16.5. The average Bonchev–Trinajstić information content (AvgIpc) is 3.00. The number of ether oxygens (including phenoxy) is 2. The van der Waals surface area contributed by atoms with Crippen LogP contribution in [0, 0.1) is 6.92 Å². The van der Waals surface area contributed by atoms with Crippen LogP contribution in [0.4, 0.5) is 0 Å². The molecule has 1 fully saturated rings. The van der Waals surface area contributed by atoms with Gasteiger partial charge in [0.05, 0.1) is 24.7 Å². The summed E-state index contributed by atoms with van der Waals surface area (Å²) < 4.78 is 37.2. The molecule has 0 atom stereocenters. The minimum atomic E-state index is -3.18. The Morgan fingerprint density at radius 3 is 2.72 bits per heavy atom. The van der Waals surface area contributed by atoms with E-state index < -0.39 is 9.84 Å². The van der Waals surface area contributed by atoms with Crippen LogP contribution in [-0.2, 0) is 20.3 Å².